The van der Waals surface area contributed by atoms with Crippen LogP contribution in [0.25, 0.3) is 10.2 Å². The van der Waals surface area contributed by atoms with Crippen molar-refractivity contribution in [2.24, 2.45) is 0 Å². The maximum atomic E-state index is 12.5. The Morgan fingerprint density at radius 3 is 2.78 bits per heavy atom. The van der Waals surface area contributed by atoms with Gasteiger partial charge in [-0.05, 0) is 46.9 Å². The van der Waals surface area contributed by atoms with E-state index in [2.05, 4.69) is 0 Å². The number of Topliss-reactive ketones (excluding diaryl/α,β-unsaturated/α-hetero) is 1. The summed E-state index contributed by atoms with van der Waals surface area (Å²) in [5.74, 6) is -0.258. The molecule has 0 radical (unpaired) electrons. The molecule has 0 saturated carbocycles. The summed E-state index contributed by atoms with van der Waals surface area (Å²) in [5, 5.41) is 19.0. The second-order valence-corrected chi connectivity index (χ2v) is 7.00. The number of nitro groups is 1. The minimum atomic E-state index is -0.498. The topological polar surface area (TPSA) is 89.0 Å². The third-order valence-corrected chi connectivity index (χ3v) is 5.27. The van der Waals surface area contributed by atoms with Crippen LogP contribution < -0.4 is 4.80 Å². The number of aromatic nitrogens is 1. The number of thiazole rings is 1. The summed E-state index contributed by atoms with van der Waals surface area (Å²) in [6.45, 7) is -0.0133. The van der Waals surface area contributed by atoms with Crippen molar-refractivity contribution in [2.75, 3.05) is 0 Å². The molecule has 0 aliphatic carbocycles. The fourth-order valence-electron chi connectivity index (χ4n) is 2.25. The van der Waals surface area contributed by atoms with E-state index in [9.17, 15) is 14.9 Å². The Morgan fingerprint density at radius 2 is 2.04 bits per heavy atom. The Kier molecular flexibility index (Phi) is 4.26. The molecular weight excluding hydrogens is 429 g/mol. The number of halogens is 1. The van der Waals surface area contributed by atoms with Crippen molar-refractivity contribution < 1.29 is 9.72 Å². The van der Waals surface area contributed by atoms with E-state index in [0.29, 0.717) is 3.57 Å². The molecule has 0 unspecified atom stereocenters. The average molecular weight is 439 g/mol. The van der Waals surface area contributed by atoms with Crippen LogP contribution in [-0.4, -0.2) is 15.3 Å². The first kappa shape index (κ1) is 15.8. The smallest absolute Gasteiger partial charge is 0.283 e. The van der Waals surface area contributed by atoms with Gasteiger partial charge in [-0.1, -0.05) is 23.5 Å². The van der Waals surface area contributed by atoms with E-state index in [0.717, 1.165) is 10.2 Å². The quantitative estimate of drug-likeness (QED) is 0.292. The molecule has 8 heteroatoms. The summed E-state index contributed by atoms with van der Waals surface area (Å²) in [7, 11) is 0. The van der Waals surface area contributed by atoms with Gasteiger partial charge in [0.25, 0.3) is 5.69 Å². The maximum absolute atomic E-state index is 12.5. The van der Waals surface area contributed by atoms with Crippen molar-refractivity contribution in [3.63, 3.8) is 0 Å². The van der Waals surface area contributed by atoms with Crippen LogP contribution >= 0.6 is 33.9 Å². The van der Waals surface area contributed by atoms with Crippen LogP contribution in [0.4, 0.5) is 5.69 Å². The number of rotatable bonds is 4. The van der Waals surface area contributed by atoms with Gasteiger partial charge in [-0.25, -0.2) is 0 Å². The fraction of sp³-hybridized carbons (Fsp3) is 0.0667. The molecule has 1 aromatic heterocycles. The van der Waals surface area contributed by atoms with Gasteiger partial charge in [0.05, 0.1) is 25.3 Å². The minimum Gasteiger partial charge on any atom is -0.309 e. The van der Waals surface area contributed by atoms with Gasteiger partial charge in [-0.3, -0.25) is 20.3 Å². The standard InChI is InChI=1S/C15H10IN3O3S/c16-10-6-5-9(7-12(10)19(21)22)13(20)8-18-11-3-1-2-4-14(11)23-15(18)17/h1-7,17H,8H2. The van der Waals surface area contributed by atoms with E-state index >= 15 is 0 Å². The number of hydrogen-bond donors (Lipinski definition) is 1. The van der Waals surface area contributed by atoms with E-state index in [1.165, 1.54) is 17.4 Å². The monoisotopic (exact) mass is 439 g/mol. The summed E-state index contributed by atoms with van der Waals surface area (Å²) in [6, 6.07) is 11.9. The number of nitrogens with zero attached hydrogens (tertiary/aromatic N) is 2. The van der Waals surface area contributed by atoms with Crippen LogP contribution in [0.1, 0.15) is 10.4 Å². The summed E-state index contributed by atoms with van der Waals surface area (Å²) in [4.78, 5) is 23.2. The summed E-state index contributed by atoms with van der Waals surface area (Å²) in [5.41, 5.74) is 1.01. The van der Waals surface area contributed by atoms with Gasteiger partial charge in [-0.15, -0.1) is 0 Å². The lowest BCUT2D eigenvalue weighted by molar-refractivity contribution is -0.385. The first-order valence-electron chi connectivity index (χ1n) is 6.57. The van der Waals surface area contributed by atoms with E-state index in [1.807, 2.05) is 46.9 Å². The van der Waals surface area contributed by atoms with Crippen LogP contribution in [0.15, 0.2) is 42.5 Å². The predicted octanol–water partition coefficient (Wildman–Crippen LogP) is 3.58. The Morgan fingerprint density at radius 1 is 1.30 bits per heavy atom. The van der Waals surface area contributed by atoms with Gasteiger partial charge in [-0.2, -0.15) is 0 Å². The van der Waals surface area contributed by atoms with Gasteiger partial charge in [0.1, 0.15) is 0 Å². The summed E-state index contributed by atoms with van der Waals surface area (Å²) < 4.78 is 3.03. The molecule has 0 bridgehead atoms. The molecule has 2 aromatic carbocycles. The molecule has 23 heavy (non-hydrogen) atoms. The lowest BCUT2D eigenvalue weighted by atomic mass is 10.1. The SMILES string of the molecule is N=c1sc2ccccc2n1CC(=O)c1ccc(I)c([N+](=O)[O-])c1. The minimum absolute atomic E-state index is 0.0133. The molecule has 0 aliphatic heterocycles. The first-order chi connectivity index (χ1) is 11.0. The number of para-hydroxylation sites is 1. The van der Waals surface area contributed by atoms with Crippen LogP contribution in [0.2, 0.25) is 0 Å². The van der Waals surface area contributed by atoms with Crippen LogP contribution in [-0.2, 0) is 6.54 Å². The molecule has 3 aromatic rings. The van der Waals surface area contributed by atoms with Crippen molar-refractivity contribution in [2.45, 2.75) is 6.54 Å². The molecule has 0 atom stereocenters. The predicted molar refractivity (Wildman–Crippen MR) is 95.8 cm³/mol. The van der Waals surface area contributed by atoms with Crippen molar-refractivity contribution in [1.29, 1.82) is 5.41 Å². The molecule has 0 fully saturated rings. The molecule has 1 N–H and O–H groups in total. The van der Waals surface area contributed by atoms with E-state index in [4.69, 9.17) is 5.41 Å². The summed E-state index contributed by atoms with van der Waals surface area (Å²) in [6.07, 6.45) is 0. The van der Waals surface area contributed by atoms with Crippen molar-refractivity contribution in [1.82, 2.24) is 4.57 Å². The number of nitrogens with one attached hydrogen (secondary N) is 1. The van der Waals surface area contributed by atoms with E-state index in [1.54, 1.807) is 16.7 Å². The van der Waals surface area contributed by atoms with Crippen molar-refractivity contribution in [3.8, 4) is 0 Å². The van der Waals surface area contributed by atoms with Crippen LogP contribution in [0.3, 0.4) is 0 Å². The lowest BCUT2D eigenvalue weighted by Crippen LogP contribution is -2.19. The van der Waals surface area contributed by atoms with Crippen molar-refractivity contribution >= 4 is 55.6 Å². The van der Waals surface area contributed by atoms with Gasteiger partial charge in [0.15, 0.2) is 10.6 Å². The highest BCUT2D eigenvalue weighted by Gasteiger charge is 2.17. The average Bonchev–Trinajstić information content (AvgIpc) is 2.83. The molecule has 116 valence electrons. The Balaban J connectivity index is 1.98. The highest BCUT2D eigenvalue weighted by atomic mass is 127. The van der Waals surface area contributed by atoms with E-state index in [-0.39, 0.29) is 28.4 Å². The molecular formula is C15H10IN3O3S. The molecule has 1 heterocycles. The fourth-order valence-corrected chi connectivity index (χ4v) is 3.70. The lowest BCUT2D eigenvalue weighted by Gasteiger charge is -2.05. The third kappa shape index (κ3) is 3.04. The molecule has 0 aliphatic rings. The van der Waals surface area contributed by atoms with E-state index < -0.39 is 4.92 Å². The Bertz CT molecular complexity index is 993. The highest BCUT2D eigenvalue weighted by molar-refractivity contribution is 14.1. The molecule has 0 spiro atoms. The first-order valence-corrected chi connectivity index (χ1v) is 8.47. The highest BCUT2D eigenvalue weighted by Crippen LogP contribution is 2.23. The molecule has 3 rings (SSSR count). The van der Waals surface area contributed by atoms with Gasteiger partial charge in [0.2, 0.25) is 0 Å². The third-order valence-electron chi connectivity index (χ3n) is 3.37. The maximum Gasteiger partial charge on any atom is 0.283 e. The number of nitro benzene ring substituents is 1. The number of ketones is 1. The molecule has 6 nitrogen and oxygen atoms in total. The largest absolute Gasteiger partial charge is 0.309 e. The number of hydrogen-bond acceptors (Lipinski definition) is 5. The zero-order chi connectivity index (χ0) is 16.6. The zero-order valence-electron chi connectivity index (χ0n) is 11.7. The van der Waals surface area contributed by atoms with Gasteiger partial charge >= 0.3 is 0 Å². The number of carbonyl (C=O) groups is 1. The molecule has 0 saturated heterocycles. The Labute approximate surface area is 148 Å². The zero-order valence-corrected chi connectivity index (χ0v) is 14.6. The number of fused-ring (bicyclic) bond motifs is 1. The van der Waals surface area contributed by atoms with Gasteiger partial charge < -0.3 is 4.57 Å². The van der Waals surface area contributed by atoms with Crippen molar-refractivity contribution in [3.05, 3.63) is 66.5 Å². The normalized spacial score (nSPS) is 10.8. The molecule has 0 amide bonds. The number of carbonyl (C=O) groups excluding carboxylic acids is 1. The van der Waals surface area contributed by atoms with Gasteiger partial charge in [0, 0.05) is 11.6 Å². The second kappa shape index (κ2) is 6.20. The number of benzene rings is 2. The Hall–Kier alpha value is -2.07. The van der Waals surface area contributed by atoms with Crippen LogP contribution in [0, 0.1) is 19.1 Å². The summed E-state index contributed by atoms with van der Waals surface area (Å²) >= 11 is 3.16. The van der Waals surface area contributed by atoms with Crippen LogP contribution in [0.5, 0.6) is 0 Å². The second-order valence-electron chi connectivity index (χ2n) is 4.81.